The number of aryl methyl sites for hydroxylation is 1. The minimum Gasteiger partial charge on any atom is -0.347 e. The number of nitrogens with one attached hydrogen (secondary N) is 1. The summed E-state index contributed by atoms with van der Waals surface area (Å²) in [4.78, 5) is 13.1. The number of benzene rings is 1. The predicted octanol–water partition coefficient (Wildman–Crippen LogP) is 3.48. The molecule has 1 amide bonds. The first-order valence-corrected chi connectivity index (χ1v) is 11.7. The highest BCUT2D eigenvalue weighted by molar-refractivity contribution is 7.89. The van der Waals surface area contributed by atoms with Crippen LogP contribution < -0.4 is 5.32 Å². The first-order valence-electron chi connectivity index (χ1n) is 10.3. The van der Waals surface area contributed by atoms with Gasteiger partial charge in [0, 0.05) is 31.9 Å². The molecule has 1 aromatic heterocycles. The van der Waals surface area contributed by atoms with Crippen LogP contribution >= 0.6 is 0 Å². The number of hydrogen-bond donors (Lipinski definition) is 1. The van der Waals surface area contributed by atoms with E-state index in [1.807, 2.05) is 38.1 Å². The van der Waals surface area contributed by atoms with Gasteiger partial charge < -0.3 is 9.88 Å². The zero-order chi connectivity index (χ0) is 21.2. The molecule has 2 heterocycles. The van der Waals surface area contributed by atoms with Crippen molar-refractivity contribution in [2.75, 3.05) is 13.1 Å². The number of piperidine rings is 1. The number of carbonyl (C=O) groups excluding carboxylic acids is 1. The third-order valence-electron chi connectivity index (χ3n) is 5.93. The summed E-state index contributed by atoms with van der Waals surface area (Å²) in [7, 11) is -3.60. The van der Waals surface area contributed by atoms with Crippen molar-refractivity contribution in [2.24, 2.45) is 5.92 Å². The Morgan fingerprint density at radius 2 is 1.83 bits per heavy atom. The number of carbonyl (C=O) groups is 1. The fourth-order valence-electron chi connectivity index (χ4n) is 3.92. The van der Waals surface area contributed by atoms with Crippen LogP contribution in [0, 0.1) is 19.8 Å². The summed E-state index contributed by atoms with van der Waals surface area (Å²) in [6.07, 6.45) is 1.74. The van der Waals surface area contributed by atoms with Crippen LogP contribution in [0.5, 0.6) is 0 Å². The predicted molar refractivity (Wildman–Crippen MR) is 114 cm³/mol. The molecule has 0 unspecified atom stereocenters. The number of aromatic nitrogens is 1. The van der Waals surface area contributed by atoms with E-state index in [2.05, 4.69) is 12.2 Å². The van der Waals surface area contributed by atoms with Crippen molar-refractivity contribution in [1.82, 2.24) is 14.2 Å². The van der Waals surface area contributed by atoms with Gasteiger partial charge in [-0.25, -0.2) is 8.42 Å². The maximum Gasteiger partial charge on any atom is 0.268 e. The summed E-state index contributed by atoms with van der Waals surface area (Å²) >= 11 is 0. The molecule has 0 aliphatic carbocycles. The number of rotatable bonds is 6. The fourth-order valence-corrected chi connectivity index (χ4v) is 5.63. The zero-order valence-corrected chi connectivity index (χ0v) is 18.6. The molecule has 7 heteroatoms. The molecule has 1 aliphatic rings. The fraction of sp³-hybridized carbons (Fsp3) is 0.500. The highest BCUT2D eigenvalue weighted by atomic mass is 32.2. The lowest BCUT2D eigenvalue weighted by molar-refractivity contribution is 0.0941. The first-order chi connectivity index (χ1) is 13.8. The van der Waals surface area contributed by atoms with Crippen LogP contribution in [0.2, 0.25) is 0 Å². The standard InChI is InChI=1S/C22H31N3O3S/c1-5-25-18(4)21(29(27,28)24-12-10-16(2)11-13-24)14-20(25)22(26)23-15-19-9-7-6-8-17(19)3/h6-9,14,16H,5,10-13,15H2,1-4H3,(H,23,26). The number of hydrogen-bond acceptors (Lipinski definition) is 3. The Morgan fingerprint density at radius 3 is 2.45 bits per heavy atom. The Kier molecular flexibility index (Phi) is 6.49. The van der Waals surface area contributed by atoms with Gasteiger partial charge in [-0.05, 0) is 56.7 Å². The lowest BCUT2D eigenvalue weighted by atomic mass is 10.0. The van der Waals surface area contributed by atoms with Crippen LogP contribution in [0.25, 0.3) is 0 Å². The second-order valence-corrected chi connectivity index (χ2v) is 9.83. The molecule has 0 spiro atoms. The molecule has 1 aliphatic heterocycles. The van der Waals surface area contributed by atoms with Crippen molar-refractivity contribution in [3.8, 4) is 0 Å². The van der Waals surface area contributed by atoms with E-state index in [0.717, 1.165) is 24.0 Å². The molecule has 1 N–H and O–H groups in total. The minimum atomic E-state index is -3.60. The summed E-state index contributed by atoms with van der Waals surface area (Å²) in [5.74, 6) is 0.289. The van der Waals surface area contributed by atoms with Gasteiger partial charge in [-0.3, -0.25) is 4.79 Å². The van der Waals surface area contributed by atoms with E-state index in [4.69, 9.17) is 0 Å². The molecule has 0 saturated carbocycles. The summed E-state index contributed by atoms with van der Waals surface area (Å²) in [5.41, 5.74) is 3.16. The SMILES string of the molecule is CCn1c(C(=O)NCc2ccccc2C)cc(S(=O)(=O)N2CCC(C)CC2)c1C. The van der Waals surface area contributed by atoms with E-state index in [1.165, 1.54) is 0 Å². The van der Waals surface area contributed by atoms with Crippen LogP contribution in [0.15, 0.2) is 35.2 Å². The van der Waals surface area contributed by atoms with Crippen LogP contribution in [-0.2, 0) is 23.1 Å². The van der Waals surface area contributed by atoms with Gasteiger partial charge >= 0.3 is 0 Å². The smallest absolute Gasteiger partial charge is 0.268 e. The van der Waals surface area contributed by atoms with E-state index in [9.17, 15) is 13.2 Å². The molecule has 3 rings (SSSR count). The first kappa shape index (κ1) is 21.6. The van der Waals surface area contributed by atoms with E-state index >= 15 is 0 Å². The molecule has 158 valence electrons. The summed E-state index contributed by atoms with van der Waals surface area (Å²) in [5, 5.41) is 2.94. The number of sulfonamides is 1. The van der Waals surface area contributed by atoms with Crippen molar-refractivity contribution in [3.05, 3.63) is 52.8 Å². The second kappa shape index (κ2) is 8.71. The zero-order valence-electron chi connectivity index (χ0n) is 17.7. The largest absolute Gasteiger partial charge is 0.347 e. The molecule has 1 aromatic carbocycles. The highest BCUT2D eigenvalue weighted by Gasteiger charge is 2.32. The van der Waals surface area contributed by atoms with Crippen LogP contribution in [-0.4, -0.2) is 36.3 Å². The average molecular weight is 418 g/mol. The molecular weight excluding hydrogens is 386 g/mol. The Labute approximate surface area is 174 Å². The maximum absolute atomic E-state index is 13.2. The third kappa shape index (κ3) is 4.41. The van der Waals surface area contributed by atoms with Crippen molar-refractivity contribution in [2.45, 2.75) is 58.5 Å². The van der Waals surface area contributed by atoms with Gasteiger partial charge in [0.25, 0.3) is 5.91 Å². The van der Waals surface area contributed by atoms with E-state index in [1.54, 1.807) is 21.9 Å². The van der Waals surface area contributed by atoms with Crippen molar-refractivity contribution < 1.29 is 13.2 Å². The maximum atomic E-state index is 13.2. The van der Waals surface area contributed by atoms with Crippen LogP contribution in [0.4, 0.5) is 0 Å². The van der Waals surface area contributed by atoms with Crippen molar-refractivity contribution in [1.29, 1.82) is 0 Å². The van der Waals surface area contributed by atoms with Crippen molar-refractivity contribution in [3.63, 3.8) is 0 Å². The number of amides is 1. The van der Waals surface area contributed by atoms with Gasteiger partial charge in [-0.1, -0.05) is 31.2 Å². The number of nitrogens with zero attached hydrogens (tertiary/aromatic N) is 2. The van der Waals surface area contributed by atoms with E-state index in [-0.39, 0.29) is 10.8 Å². The molecule has 2 aromatic rings. The molecule has 1 fully saturated rings. The van der Waals surface area contributed by atoms with Gasteiger partial charge in [0.15, 0.2) is 0 Å². The van der Waals surface area contributed by atoms with Crippen LogP contribution in [0.1, 0.15) is 54.0 Å². The molecular formula is C22H31N3O3S. The normalized spacial score (nSPS) is 16.1. The van der Waals surface area contributed by atoms with E-state index < -0.39 is 10.0 Å². The Bertz CT molecular complexity index is 987. The summed E-state index contributed by atoms with van der Waals surface area (Å²) in [6.45, 7) is 9.87. The van der Waals surface area contributed by atoms with Crippen molar-refractivity contribution >= 4 is 15.9 Å². The Balaban J connectivity index is 1.85. The van der Waals surface area contributed by atoms with Gasteiger partial charge in [-0.15, -0.1) is 0 Å². The molecule has 1 saturated heterocycles. The lowest BCUT2D eigenvalue weighted by Crippen LogP contribution is -2.38. The second-order valence-electron chi connectivity index (χ2n) is 7.92. The van der Waals surface area contributed by atoms with Gasteiger partial charge in [0.2, 0.25) is 10.0 Å². The molecule has 0 atom stereocenters. The average Bonchev–Trinajstić information content (AvgIpc) is 3.04. The van der Waals surface area contributed by atoms with E-state index in [0.29, 0.717) is 43.5 Å². The topological polar surface area (TPSA) is 71.4 Å². The van der Waals surface area contributed by atoms with Gasteiger partial charge in [0.05, 0.1) is 0 Å². The van der Waals surface area contributed by atoms with Gasteiger partial charge in [0.1, 0.15) is 10.6 Å². The molecule has 0 radical (unpaired) electrons. The monoisotopic (exact) mass is 417 g/mol. The Hall–Kier alpha value is -2.12. The third-order valence-corrected chi connectivity index (χ3v) is 7.94. The lowest BCUT2D eigenvalue weighted by Gasteiger charge is -2.29. The van der Waals surface area contributed by atoms with Crippen LogP contribution in [0.3, 0.4) is 0 Å². The minimum absolute atomic E-state index is 0.245. The van der Waals surface area contributed by atoms with Gasteiger partial charge in [-0.2, -0.15) is 4.31 Å². The summed E-state index contributed by atoms with van der Waals surface area (Å²) < 4.78 is 29.8. The quantitative estimate of drug-likeness (QED) is 0.782. The highest BCUT2D eigenvalue weighted by Crippen LogP contribution is 2.28. The molecule has 0 bridgehead atoms. The molecule has 6 nitrogen and oxygen atoms in total. The molecule has 29 heavy (non-hydrogen) atoms. The Morgan fingerprint density at radius 1 is 1.17 bits per heavy atom. The summed E-state index contributed by atoms with van der Waals surface area (Å²) in [6, 6.07) is 9.43.